The molecule has 1 amide bonds. The van der Waals surface area contributed by atoms with Crippen LogP contribution >= 0.6 is 7.82 Å². The zero-order valence-corrected chi connectivity index (χ0v) is 39.6. The van der Waals surface area contributed by atoms with E-state index in [1.165, 1.54) is 154 Å². The molecule has 0 aliphatic rings. The van der Waals surface area contributed by atoms with E-state index in [0.29, 0.717) is 12.8 Å². The molecular formula is C50H97N2O6P. The Kier molecular flexibility index (Phi) is 45.2. The molecule has 0 saturated heterocycles. The summed E-state index contributed by atoms with van der Waals surface area (Å²) in [5.74, 6) is -0.172. The second kappa shape index (κ2) is 46.2. The van der Waals surface area contributed by atoms with Crippen LogP contribution in [0.4, 0.5) is 0 Å². The van der Waals surface area contributed by atoms with Gasteiger partial charge in [0.2, 0.25) is 5.91 Å². The fraction of sp³-hybridized carbons (Fsp3) is 0.860. The van der Waals surface area contributed by atoms with Gasteiger partial charge in [0.15, 0.2) is 0 Å². The quantitative estimate of drug-likeness (QED) is 0.0272. The first kappa shape index (κ1) is 57.7. The molecule has 3 atom stereocenters. The Morgan fingerprint density at radius 1 is 0.559 bits per heavy atom. The van der Waals surface area contributed by atoms with Gasteiger partial charge >= 0.3 is 7.82 Å². The number of phosphoric acid groups is 1. The first-order valence-electron chi connectivity index (χ1n) is 25.1. The molecule has 5 N–H and O–H groups in total. The number of allylic oxidation sites excluding steroid dienone is 6. The maximum atomic E-state index is 12.8. The van der Waals surface area contributed by atoms with Crippen molar-refractivity contribution >= 4 is 13.7 Å². The topological polar surface area (TPSA) is 131 Å². The molecule has 0 spiro atoms. The fourth-order valence-electron chi connectivity index (χ4n) is 7.44. The van der Waals surface area contributed by atoms with Crippen molar-refractivity contribution < 1.29 is 28.4 Å². The molecule has 0 rings (SSSR count). The molecule has 348 valence electrons. The third-order valence-electron chi connectivity index (χ3n) is 11.2. The van der Waals surface area contributed by atoms with Gasteiger partial charge in [0.1, 0.15) is 0 Å². The number of rotatable bonds is 47. The number of aliphatic hydroxyl groups excluding tert-OH is 1. The number of hydrogen-bond donors (Lipinski definition) is 4. The van der Waals surface area contributed by atoms with Gasteiger partial charge in [-0.15, -0.1) is 0 Å². The van der Waals surface area contributed by atoms with Gasteiger partial charge in [0, 0.05) is 13.0 Å². The largest absolute Gasteiger partial charge is 0.472 e. The molecule has 0 fully saturated rings. The van der Waals surface area contributed by atoms with Crippen LogP contribution in [0.15, 0.2) is 36.5 Å². The van der Waals surface area contributed by atoms with E-state index < -0.39 is 20.0 Å². The molecule has 0 aromatic heterocycles. The van der Waals surface area contributed by atoms with E-state index in [1.807, 2.05) is 0 Å². The number of carbonyl (C=O) groups excluding carboxylic acids is 1. The first-order chi connectivity index (χ1) is 28.9. The summed E-state index contributed by atoms with van der Waals surface area (Å²) in [5.41, 5.74) is 5.40. The van der Waals surface area contributed by atoms with Crippen LogP contribution in [0.1, 0.15) is 245 Å². The molecular weight excluding hydrogens is 756 g/mol. The summed E-state index contributed by atoms with van der Waals surface area (Å²) in [5, 5.41) is 13.9. The average Bonchev–Trinajstić information content (AvgIpc) is 3.22. The summed E-state index contributed by atoms with van der Waals surface area (Å²) in [6.45, 7) is 4.20. The SMILES string of the molecule is CCCCC/C=C\C/C=C\C/C=C\CCCCCCCCC(=O)NC(COP(=O)(O)OCCN)C(O)CCCCCCCCCCCCCCCCCCCCCCC. The van der Waals surface area contributed by atoms with Crippen LogP contribution in [-0.2, 0) is 18.4 Å². The van der Waals surface area contributed by atoms with Crippen LogP contribution in [-0.4, -0.2) is 47.8 Å². The number of hydrogen-bond acceptors (Lipinski definition) is 6. The van der Waals surface area contributed by atoms with Gasteiger partial charge in [-0.2, -0.15) is 0 Å². The Bertz CT molecular complexity index is 1020. The summed E-state index contributed by atoms with van der Waals surface area (Å²) in [4.78, 5) is 22.8. The van der Waals surface area contributed by atoms with Crippen molar-refractivity contribution in [2.45, 2.75) is 257 Å². The fourth-order valence-corrected chi connectivity index (χ4v) is 8.20. The molecule has 9 heteroatoms. The van der Waals surface area contributed by atoms with Crippen LogP contribution in [0.3, 0.4) is 0 Å². The number of amides is 1. The highest BCUT2D eigenvalue weighted by Gasteiger charge is 2.27. The van der Waals surface area contributed by atoms with E-state index in [1.54, 1.807) is 0 Å². The highest BCUT2D eigenvalue weighted by molar-refractivity contribution is 7.47. The van der Waals surface area contributed by atoms with Crippen LogP contribution in [0.25, 0.3) is 0 Å². The van der Waals surface area contributed by atoms with Crippen molar-refractivity contribution in [3.8, 4) is 0 Å². The van der Waals surface area contributed by atoms with Crippen LogP contribution in [0.2, 0.25) is 0 Å². The Hall–Kier alpha value is -1.28. The molecule has 0 aliphatic carbocycles. The molecule has 0 aliphatic heterocycles. The second-order valence-corrected chi connectivity index (χ2v) is 18.5. The van der Waals surface area contributed by atoms with E-state index in [9.17, 15) is 19.4 Å². The van der Waals surface area contributed by atoms with E-state index in [4.69, 9.17) is 14.8 Å². The predicted octanol–water partition coefficient (Wildman–Crippen LogP) is 14.7. The van der Waals surface area contributed by atoms with Crippen molar-refractivity contribution in [1.29, 1.82) is 0 Å². The number of carbonyl (C=O) groups is 1. The molecule has 0 saturated carbocycles. The van der Waals surface area contributed by atoms with Crippen molar-refractivity contribution in [3.05, 3.63) is 36.5 Å². The van der Waals surface area contributed by atoms with Crippen molar-refractivity contribution in [1.82, 2.24) is 5.32 Å². The summed E-state index contributed by atoms with van der Waals surface area (Å²) in [7, 11) is -4.32. The van der Waals surface area contributed by atoms with Gasteiger partial charge in [-0.1, -0.05) is 224 Å². The van der Waals surface area contributed by atoms with E-state index in [2.05, 4.69) is 55.6 Å². The maximum absolute atomic E-state index is 12.8. The molecule has 0 bridgehead atoms. The molecule has 8 nitrogen and oxygen atoms in total. The molecule has 0 heterocycles. The van der Waals surface area contributed by atoms with Gasteiger partial charge < -0.3 is 21.1 Å². The standard InChI is InChI=1S/C50H97N2O6P/c1-3-5-7-9-11-13-15-17-19-21-23-24-26-27-29-31-33-35-37-39-41-43-49(53)48(47-58-59(55,56)57-46-45-51)52-50(54)44-42-40-38-36-34-32-30-28-25-22-20-18-16-14-12-10-8-6-4-2/h12,14,18,20,25,28,48-49,53H,3-11,13,15-17,19,21-24,26-27,29-47,51H2,1-2H3,(H,52,54)(H,55,56)/b14-12-,20-18-,28-25-. The normalized spacial score (nSPS) is 14.2. The van der Waals surface area contributed by atoms with Gasteiger partial charge in [-0.3, -0.25) is 13.8 Å². The van der Waals surface area contributed by atoms with E-state index >= 15 is 0 Å². The highest BCUT2D eigenvalue weighted by atomic mass is 31.2. The molecule has 0 aromatic carbocycles. The molecule has 0 radical (unpaired) electrons. The molecule has 59 heavy (non-hydrogen) atoms. The minimum Gasteiger partial charge on any atom is -0.391 e. The Morgan fingerprint density at radius 2 is 0.932 bits per heavy atom. The smallest absolute Gasteiger partial charge is 0.391 e. The van der Waals surface area contributed by atoms with Crippen LogP contribution < -0.4 is 11.1 Å². The van der Waals surface area contributed by atoms with Gasteiger partial charge in [-0.05, 0) is 51.4 Å². The van der Waals surface area contributed by atoms with Crippen molar-refractivity contribution in [3.63, 3.8) is 0 Å². The van der Waals surface area contributed by atoms with Gasteiger partial charge in [0.25, 0.3) is 0 Å². The third kappa shape index (κ3) is 44.6. The first-order valence-corrected chi connectivity index (χ1v) is 26.6. The summed E-state index contributed by atoms with van der Waals surface area (Å²) in [6, 6.07) is -0.782. The lowest BCUT2D eigenvalue weighted by Gasteiger charge is -2.25. The lowest BCUT2D eigenvalue weighted by Crippen LogP contribution is -2.46. The van der Waals surface area contributed by atoms with Crippen LogP contribution in [0, 0.1) is 0 Å². The minimum atomic E-state index is -4.32. The second-order valence-electron chi connectivity index (χ2n) is 17.0. The lowest BCUT2D eigenvalue weighted by molar-refractivity contribution is -0.123. The Labute approximate surface area is 365 Å². The van der Waals surface area contributed by atoms with Gasteiger partial charge in [-0.25, -0.2) is 4.57 Å². The molecule has 0 aromatic rings. The Morgan fingerprint density at radius 3 is 1.39 bits per heavy atom. The lowest BCUT2D eigenvalue weighted by atomic mass is 10.0. The number of unbranched alkanes of at least 4 members (excludes halogenated alkanes) is 29. The number of nitrogens with one attached hydrogen (secondary N) is 1. The third-order valence-corrected chi connectivity index (χ3v) is 12.2. The number of aliphatic hydroxyl groups is 1. The highest BCUT2D eigenvalue weighted by Crippen LogP contribution is 2.43. The number of phosphoric ester groups is 1. The zero-order chi connectivity index (χ0) is 43.2. The predicted molar refractivity (Wildman–Crippen MR) is 254 cm³/mol. The summed E-state index contributed by atoms with van der Waals surface area (Å²) < 4.78 is 22.3. The van der Waals surface area contributed by atoms with Gasteiger partial charge in [0.05, 0.1) is 25.4 Å². The zero-order valence-electron chi connectivity index (χ0n) is 38.7. The van der Waals surface area contributed by atoms with Crippen molar-refractivity contribution in [2.75, 3.05) is 19.8 Å². The number of nitrogens with two attached hydrogens (primary N) is 1. The van der Waals surface area contributed by atoms with Crippen LogP contribution in [0.5, 0.6) is 0 Å². The van der Waals surface area contributed by atoms with E-state index in [-0.39, 0.29) is 25.7 Å². The maximum Gasteiger partial charge on any atom is 0.472 e. The average molecular weight is 853 g/mol. The van der Waals surface area contributed by atoms with Crippen molar-refractivity contribution in [2.24, 2.45) is 5.73 Å². The summed E-state index contributed by atoms with van der Waals surface area (Å²) >= 11 is 0. The monoisotopic (exact) mass is 853 g/mol. The Balaban J connectivity index is 4.09. The summed E-state index contributed by atoms with van der Waals surface area (Å²) in [6.07, 6.45) is 55.9. The minimum absolute atomic E-state index is 0.0861. The van der Waals surface area contributed by atoms with E-state index in [0.717, 1.165) is 64.2 Å². The molecule has 3 unspecified atom stereocenters.